The van der Waals surface area contributed by atoms with Crippen LogP contribution in [0.1, 0.15) is 6.92 Å². The van der Waals surface area contributed by atoms with Gasteiger partial charge in [0.05, 0.1) is 13.2 Å². The number of anilines is 1. The second-order valence-electron chi connectivity index (χ2n) is 3.87. The summed E-state index contributed by atoms with van der Waals surface area (Å²) in [4.78, 5) is 4.19. The van der Waals surface area contributed by atoms with Gasteiger partial charge in [-0.3, -0.25) is 0 Å². The van der Waals surface area contributed by atoms with E-state index >= 15 is 0 Å². The van der Waals surface area contributed by atoms with E-state index in [1.54, 1.807) is 6.20 Å². The van der Waals surface area contributed by atoms with E-state index in [1.165, 1.54) is 0 Å². The van der Waals surface area contributed by atoms with Gasteiger partial charge in [-0.15, -0.1) is 0 Å². The number of nitrogens with zero attached hydrogens (tertiary/aromatic N) is 1. The van der Waals surface area contributed by atoms with Crippen LogP contribution in [0.4, 0.5) is 5.82 Å². The fourth-order valence-corrected chi connectivity index (χ4v) is 1.32. The van der Waals surface area contributed by atoms with Gasteiger partial charge in [0.15, 0.2) is 0 Å². The van der Waals surface area contributed by atoms with Crippen molar-refractivity contribution < 1.29 is 4.74 Å². The third-order valence-electron chi connectivity index (χ3n) is 2.26. The fraction of sp³-hybridized carbons (Fsp3) is 0.500. The van der Waals surface area contributed by atoms with Gasteiger partial charge in [-0.2, -0.15) is 0 Å². The normalized spacial score (nSPS) is 19.2. The predicted molar refractivity (Wildman–Crippen MR) is 51.7 cm³/mol. The number of ether oxygens (including phenoxy) is 1. The van der Waals surface area contributed by atoms with Crippen LogP contribution >= 0.6 is 0 Å². The summed E-state index contributed by atoms with van der Waals surface area (Å²) in [5.41, 5.74) is 0.303. The van der Waals surface area contributed by atoms with E-state index in [0.29, 0.717) is 5.41 Å². The van der Waals surface area contributed by atoms with Crippen LogP contribution < -0.4 is 5.32 Å². The fourth-order valence-electron chi connectivity index (χ4n) is 1.32. The minimum atomic E-state index is 0.303. The van der Waals surface area contributed by atoms with Crippen LogP contribution in [-0.4, -0.2) is 24.7 Å². The molecule has 0 aliphatic carbocycles. The predicted octanol–water partition coefficient (Wildman–Crippen LogP) is 1.53. The summed E-state index contributed by atoms with van der Waals surface area (Å²) in [6, 6.07) is 5.87. The molecular formula is C10H14N2O. The van der Waals surface area contributed by atoms with Gasteiger partial charge in [0, 0.05) is 18.2 Å². The Labute approximate surface area is 78.1 Å². The molecule has 0 amide bonds. The van der Waals surface area contributed by atoms with Gasteiger partial charge >= 0.3 is 0 Å². The average Bonchev–Trinajstić information content (AvgIpc) is 2.13. The Kier molecular flexibility index (Phi) is 2.19. The monoisotopic (exact) mass is 178 g/mol. The minimum absolute atomic E-state index is 0.303. The first-order valence-corrected chi connectivity index (χ1v) is 4.51. The smallest absolute Gasteiger partial charge is 0.125 e. The maximum atomic E-state index is 5.17. The molecule has 13 heavy (non-hydrogen) atoms. The Balaban J connectivity index is 1.86. The summed E-state index contributed by atoms with van der Waals surface area (Å²) < 4.78 is 5.17. The van der Waals surface area contributed by atoms with E-state index in [1.807, 2.05) is 18.2 Å². The maximum Gasteiger partial charge on any atom is 0.125 e. The summed E-state index contributed by atoms with van der Waals surface area (Å²) in [5.74, 6) is 0.940. The summed E-state index contributed by atoms with van der Waals surface area (Å²) in [6.45, 7) is 4.86. The Morgan fingerprint density at radius 1 is 1.54 bits per heavy atom. The van der Waals surface area contributed by atoms with Crippen molar-refractivity contribution in [2.45, 2.75) is 6.92 Å². The van der Waals surface area contributed by atoms with Crippen molar-refractivity contribution in [1.82, 2.24) is 4.98 Å². The molecule has 70 valence electrons. The standard InChI is InChI=1S/C10H14N2O/c1-10(7-13-8-10)6-12-9-4-2-3-5-11-9/h2-5H,6-8H2,1H3,(H,11,12). The topological polar surface area (TPSA) is 34.2 Å². The quantitative estimate of drug-likeness (QED) is 0.762. The third kappa shape index (κ3) is 1.98. The van der Waals surface area contributed by atoms with Crippen LogP contribution in [0.25, 0.3) is 0 Å². The molecule has 2 heterocycles. The Morgan fingerprint density at radius 2 is 2.38 bits per heavy atom. The van der Waals surface area contributed by atoms with E-state index in [4.69, 9.17) is 4.74 Å². The van der Waals surface area contributed by atoms with Crippen LogP contribution in [-0.2, 0) is 4.74 Å². The SMILES string of the molecule is CC1(CNc2ccccn2)COC1. The lowest BCUT2D eigenvalue weighted by Crippen LogP contribution is -2.45. The molecule has 1 fully saturated rings. The highest BCUT2D eigenvalue weighted by molar-refractivity contribution is 5.33. The summed E-state index contributed by atoms with van der Waals surface area (Å²) in [5, 5.41) is 3.30. The molecule has 1 aromatic rings. The van der Waals surface area contributed by atoms with Crippen molar-refractivity contribution in [2.24, 2.45) is 5.41 Å². The van der Waals surface area contributed by atoms with Crippen LogP contribution in [0.3, 0.4) is 0 Å². The highest BCUT2D eigenvalue weighted by Crippen LogP contribution is 2.26. The molecule has 1 saturated heterocycles. The van der Waals surface area contributed by atoms with Crippen molar-refractivity contribution in [3.8, 4) is 0 Å². The molecule has 2 rings (SSSR count). The van der Waals surface area contributed by atoms with Gasteiger partial charge in [0.1, 0.15) is 5.82 Å². The number of hydrogen-bond acceptors (Lipinski definition) is 3. The molecule has 0 aromatic carbocycles. The molecule has 0 bridgehead atoms. The lowest BCUT2D eigenvalue weighted by molar-refractivity contribution is -0.0924. The molecule has 3 nitrogen and oxygen atoms in total. The number of pyridine rings is 1. The van der Waals surface area contributed by atoms with Crippen LogP contribution in [0, 0.1) is 5.41 Å². The Bertz CT molecular complexity index is 270. The number of rotatable bonds is 3. The molecular weight excluding hydrogens is 164 g/mol. The number of nitrogens with one attached hydrogen (secondary N) is 1. The first-order valence-electron chi connectivity index (χ1n) is 4.51. The summed E-state index contributed by atoms with van der Waals surface area (Å²) >= 11 is 0. The molecule has 0 unspecified atom stereocenters. The largest absolute Gasteiger partial charge is 0.380 e. The second kappa shape index (κ2) is 3.34. The minimum Gasteiger partial charge on any atom is -0.380 e. The first kappa shape index (κ1) is 8.51. The Morgan fingerprint density at radius 3 is 2.92 bits per heavy atom. The third-order valence-corrected chi connectivity index (χ3v) is 2.26. The van der Waals surface area contributed by atoms with E-state index in [0.717, 1.165) is 25.6 Å². The van der Waals surface area contributed by atoms with Crippen LogP contribution in [0.5, 0.6) is 0 Å². The van der Waals surface area contributed by atoms with E-state index in [2.05, 4.69) is 17.2 Å². The van der Waals surface area contributed by atoms with Gasteiger partial charge in [-0.05, 0) is 12.1 Å². The molecule has 3 heteroatoms. The van der Waals surface area contributed by atoms with E-state index in [9.17, 15) is 0 Å². The van der Waals surface area contributed by atoms with Crippen molar-refractivity contribution in [3.05, 3.63) is 24.4 Å². The second-order valence-corrected chi connectivity index (χ2v) is 3.87. The molecule has 0 saturated carbocycles. The molecule has 0 radical (unpaired) electrons. The van der Waals surface area contributed by atoms with Crippen molar-refractivity contribution >= 4 is 5.82 Å². The van der Waals surface area contributed by atoms with Crippen molar-refractivity contribution in [3.63, 3.8) is 0 Å². The molecule has 0 atom stereocenters. The highest BCUT2D eigenvalue weighted by atomic mass is 16.5. The number of hydrogen-bond donors (Lipinski definition) is 1. The maximum absolute atomic E-state index is 5.17. The Hall–Kier alpha value is -1.09. The van der Waals surface area contributed by atoms with Gasteiger partial charge in [0.25, 0.3) is 0 Å². The van der Waals surface area contributed by atoms with Gasteiger partial charge in [-0.25, -0.2) is 4.98 Å². The van der Waals surface area contributed by atoms with Crippen LogP contribution in [0.2, 0.25) is 0 Å². The van der Waals surface area contributed by atoms with Crippen molar-refractivity contribution in [2.75, 3.05) is 25.1 Å². The lowest BCUT2D eigenvalue weighted by atomic mass is 9.89. The lowest BCUT2D eigenvalue weighted by Gasteiger charge is -2.38. The van der Waals surface area contributed by atoms with Gasteiger partial charge in [-0.1, -0.05) is 13.0 Å². The van der Waals surface area contributed by atoms with Crippen LogP contribution in [0.15, 0.2) is 24.4 Å². The molecule has 0 spiro atoms. The van der Waals surface area contributed by atoms with E-state index in [-0.39, 0.29) is 0 Å². The molecule has 1 aliphatic rings. The molecule has 1 N–H and O–H groups in total. The number of aromatic nitrogens is 1. The van der Waals surface area contributed by atoms with Crippen molar-refractivity contribution in [1.29, 1.82) is 0 Å². The summed E-state index contributed by atoms with van der Waals surface area (Å²) in [6.07, 6.45) is 1.79. The summed E-state index contributed by atoms with van der Waals surface area (Å²) in [7, 11) is 0. The first-order chi connectivity index (χ1) is 6.29. The zero-order valence-electron chi connectivity index (χ0n) is 7.79. The zero-order valence-corrected chi connectivity index (χ0v) is 7.79. The van der Waals surface area contributed by atoms with Gasteiger partial charge < -0.3 is 10.1 Å². The zero-order chi connectivity index (χ0) is 9.15. The highest BCUT2D eigenvalue weighted by Gasteiger charge is 2.32. The molecule has 1 aliphatic heterocycles. The van der Waals surface area contributed by atoms with Gasteiger partial charge in [0.2, 0.25) is 0 Å². The molecule has 1 aromatic heterocycles. The average molecular weight is 178 g/mol. The van der Waals surface area contributed by atoms with E-state index < -0.39 is 0 Å².